The lowest BCUT2D eigenvalue weighted by Gasteiger charge is -2.28. The maximum atomic E-state index is 11.9. The van der Waals surface area contributed by atoms with E-state index in [1.807, 2.05) is 0 Å². The second-order valence-electron chi connectivity index (χ2n) is 8.56. The van der Waals surface area contributed by atoms with Crippen LogP contribution in [0.15, 0.2) is 47.9 Å². The standard InChI is InChI=1S/C26H32N4O6/c1-15(33)27-21-13-17(29(3)9-11-31)5-7-19(21)23-25(35)24(26(23)36)20-8-6-18(30(4)10-12-32)14-22(20)28-16(2)34/h5-8,13-14,31-32,35-36H,9-12H2,1-4H3,(H,27,33)(H,28,34). The van der Waals surface area contributed by atoms with Gasteiger partial charge in [0.15, 0.2) is 0 Å². The Morgan fingerprint density at radius 3 is 1.39 bits per heavy atom. The van der Waals surface area contributed by atoms with Crippen LogP contribution >= 0.6 is 0 Å². The Kier molecular flexibility index (Phi) is 8.23. The molecule has 0 spiro atoms. The highest BCUT2D eigenvalue weighted by Crippen LogP contribution is 2.48. The summed E-state index contributed by atoms with van der Waals surface area (Å²) in [6.07, 6.45) is 0. The highest BCUT2D eigenvalue weighted by molar-refractivity contribution is 6.11. The Morgan fingerprint density at radius 1 is 0.722 bits per heavy atom. The highest BCUT2D eigenvalue weighted by atomic mass is 16.3. The van der Waals surface area contributed by atoms with Crippen molar-refractivity contribution in [2.24, 2.45) is 0 Å². The van der Waals surface area contributed by atoms with Crippen molar-refractivity contribution in [1.29, 1.82) is 0 Å². The molecule has 10 nitrogen and oxygen atoms in total. The van der Waals surface area contributed by atoms with Gasteiger partial charge in [-0.1, -0.05) is 0 Å². The third kappa shape index (κ3) is 5.45. The van der Waals surface area contributed by atoms with Crippen molar-refractivity contribution in [3.63, 3.8) is 0 Å². The second kappa shape index (κ2) is 11.1. The van der Waals surface area contributed by atoms with Gasteiger partial charge in [-0.3, -0.25) is 9.59 Å². The van der Waals surface area contributed by atoms with E-state index in [0.717, 1.165) is 11.4 Å². The lowest BCUT2D eigenvalue weighted by atomic mass is 9.83. The number of aliphatic hydroxyl groups excluding tert-OH is 4. The maximum absolute atomic E-state index is 11.9. The smallest absolute Gasteiger partial charge is 0.221 e. The Labute approximate surface area is 209 Å². The molecule has 3 rings (SSSR count). The summed E-state index contributed by atoms with van der Waals surface area (Å²) in [5.41, 5.74) is 3.42. The number of hydrogen-bond donors (Lipinski definition) is 6. The van der Waals surface area contributed by atoms with Crippen LogP contribution < -0.4 is 20.4 Å². The number of anilines is 4. The van der Waals surface area contributed by atoms with Gasteiger partial charge in [0.25, 0.3) is 0 Å². The Bertz CT molecular complexity index is 1130. The van der Waals surface area contributed by atoms with Crippen LogP contribution in [0.2, 0.25) is 0 Å². The van der Waals surface area contributed by atoms with Crippen LogP contribution in [-0.2, 0) is 9.59 Å². The summed E-state index contributed by atoms with van der Waals surface area (Å²) >= 11 is 0. The van der Waals surface area contributed by atoms with E-state index in [2.05, 4.69) is 10.6 Å². The molecule has 0 radical (unpaired) electrons. The van der Waals surface area contributed by atoms with Crippen LogP contribution in [-0.4, -0.2) is 72.6 Å². The molecule has 6 N–H and O–H groups in total. The van der Waals surface area contributed by atoms with Crippen LogP contribution in [0.4, 0.5) is 22.7 Å². The molecule has 192 valence electrons. The average molecular weight is 497 g/mol. The van der Waals surface area contributed by atoms with Gasteiger partial charge in [0.2, 0.25) is 11.8 Å². The number of amides is 2. The van der Waals surface area contributed by atoms with Gasteiger partial charge in [0.05, 0.1) is 35.7 Å². The number of carbonyl (C=O) groups excluding carboxylic acids is 2. The van der Waals surface area contributed by atoms with Crippen molar-refractivity contribution in [3.05, 3.63) is 59.0 Å². The first-order valence-corrected chi connectivity index (χ1v) is 11.4. The minimum atomic E-state index is -0.322. The zero-order chi connectivity index (χ0) is 26.6. The fourth-order valence-electron chi connectivity index (χ4n) is 4.04. The molecule has 0 unspecified atom stereocenters. The van der Waals surface area contributed by atoms with E-state index in [-0.39, 0.29) is 47.7 Å². The Balaban J connectivity index is 2.05. The summed E-state index contributed by atoms with van der Waals surface area (Å²) in [7, 11) is 3.59. The van der Waals surface area contributed by atoms with Crippen molar-refractivity contribution < 1.29 is 30.0 Å². The average Bonchev–Trinajstić information content (AvgIpc) is 2.81. The van der Waals surface area contributed by atoms with Crippen molar-refractivity contribution in [2.45, 2.75) is 13.8 Å². The Hall–Kier alpha value is -4.02. The molecule has 1 aliphatic carbocycles. The third-order valence-electron chi connectivity index (χ3n) is 5.87. The van der Waals surface area contributed by atoms with Crippen molar-refractivity contribution >= 4 is 45.7 Å². The fraction of sp³-hybridized carbons (Fsp3) is 0.308. The molecule has 0 bridgehead atoms. The summed E-state index contributed by atoms with van der Waals surface area (Å²) in [6, 6.07) is 10.3. The van der Waals surface area contributed by atoms with E-state index in [4.69, 9.17) is 0 Å². The zero-order valence-corrected chi connectivity index (χ0v) is 20.8. The first-order valence-electron chi connectivity index (χ1n) is 11.4. The Morgan fingerprint density at radius 2 is 1.08 bits per heavy atom. The minimum Gasteiger partial charge on any atom is -0.506 e. The number of nitrogens with zero attached hydrogens (tertiary/aromatic N) is 2. The molecule has 1 aliphatic rings. The molecule has 2 aromatic carbocycles. The fourth-order valence-corrected chi connectivity index (χ4v) is 4.04. The van der Waals surface area contributed by atoms with E-state index in [1.165, 1.54) is 13.8 Å². The van der Waals surface area contributed by atoms with E-state index in [0.29, 0.717) is 35.6 Å². The molecule has 0 atom stereocenters. The molecule has 2 aromatic rings. The molecular formula is C26H32N4O6. The van der Waals surface area contributed by atoms with Gasteiger partial charge in [-0.25, -0.2) is 0 Å². The lowest BCUT2D eigenvalue weighted by molar-refractivity contribution is -0.115. The number of hydrogen-bond acceptors (Lipinski definition) is 8. The lowest BCUT2D eigenvalue weighted by Crippen LogP contribution is -2.22. The predicted octanol–water partition coefficient (Wildman–Crippen LogP) is 2.71. The molecule has 0 fully saturated rings. The van der Waals surface area contributed by atoms with Crippen molar-refractivity contribution in [1.82, 2.24) is 0 Å². The van der Waals surface area contributed by atoms with Gasteiger partial charge in [0, 0.05) is 63.5 Å². The van der Waals surface area contributed by atoms with Crippen molar-refractivity contribution in [3.8, 4) is 0 Å². The molecule has 36 heavy (non-hydrogen) atoms. The number of allylic oxidation sites excluding steroid dienone is 2. The SMILES string of the molecule is CC(=O)Nc1cc(N(C)CCO)ccc1C1=C(O)C(c2ccc(N(C)CCO)cc2NC(C)=O)=C1O. The quantitative estimate of drug-likeness (QED) is 0.294. The summed E-state index contributed by atoms with van der Waals surface area (Å²) < 4.78 is 0. The normalized spacial score (nSPS) is 12.8. The molecule has 0 heterocycles. The zero-order valence-electron chi connectivity index (χ0n) is 20.8. The number of benzene rings is 2. The molecule has 10 heteroatoms. The topological polar surface area (TPSA) is 146 Å². The molecular weight excluding hydrogens is 464 g/mol. The minimum absolute atomic E-state index is 0.0439. The molecule has 0 aromatic heterocycles. The number of nitrogens with one attached hydrogen (secondary N) is 2. The van der Waals surface area contributed by atoms with E-state index in [1.54, 1.807) is 60.3 Å². The number of rotatable bonds is 10. The van der Waals surface area contributed by atoms with Crippen LogP contribution in [0.5, 0.6) is 0 Å². The van der Waals surface area contributed by atoms with Gasteiger partial charge in [-0.05, 0) is 36.4 Å². The van der Waals surface area contributed by atoms with Crippen LogP contribution in [0.1, 0.15) is 25.0 Å². The van der Waals surface area contributed by atoms with Gasteiger partial charge in [0.1, 0.15) is 11.5 Å². The maximum Gasteiger partial charge on any atom is 0.221 e. The summed E-state index contributed by atoms with van der Waals surface area (Å²) in [6.45, 7) is 3.41. The van der Waals surface area contributed by atoms with Gasteiger partial charge in [-0.2, -0.15) is 0 Å². The third-order valence-corrected chi connectivity index (χ3v) is 5.87. The monoisotopic (exact) mass is 496 g/mol. The molecule has 2 amide bonds. The van der Waals surface area contributed by atoms with E-state index < -0.39 is 0 Å². The van der Waals surface area contributed by atoms with Gasteiger partial charge >= 0.3 is 0 Å². The summed E-state index contributed by atoms with van der Waals surface area (Å²) in [4.78, 5) is 27.3. The highest BCUT2D eigenvalue weighted by Gasteiger charge is 2.34. The summed E-state index contributed by atoms with van der Waals surface area (Å²) in [5, 5.41) is 46.0. The largest absolute Gasteiger partial charge is 0.506 e. The number of likely N-dealkylation sites (N-methyl/N-ethyl adjacent to an activating group) is 2. The van der Waals surface area contributed by atoms with Gasteiger partial charge < -0.3 is 40.9 Å². The summed E-state index contributed by atoms with van der Waals surface area (Å²) in [5.74, 6) is -1.01. The molecule has 0 saturated heterocycles. The molecule has 0 aliphatic heterocycles. The van der Waals surface area contributed by atoms with E-state index >= 15 is 0 Å². The predicted molar refractivity (Wildman–Crippen MR) is 141 cm³/mol. The van der Waals surface area contributed by atoms with E-state index in [9.17, 15) is 30.0 Å². The molecule has 0 saturated carbocycles. The number of carbonyl (C=O) groups is 2. The number of aliphatic hydroxyl groups is 4. The van der Waals surface area contributed by atoms with Gasteiger partial charge in [-0.15, -0.1) is 0 Å². The first kappa shape index (κ1) is 26.6. The van der Waals surface area contributed by atoms with Crippen LogP contribution in [0.25, 0.3) is 11.1 Å². The van der Waals surface area contributed by atoms with Crippen molar-refractivity contribution in [2.75, 3.05) is 60.8 Å². The first-order chi connectivity index (χ1) is 17.1. The van der Waals surface area contributed by atoms with Crippen LogP contribution in [0.3, 0.4) is 0 Å². The van der Waals surface area contributed by atoms with Crippen LogP contribution in [0, 0.1) is 0 Å². The second-order valence-corrected chi connectivity index (χ2v) is 8.56.